The third-order valence-corrected chi connectivity index (χ3v) is 2.80. The molecule has 1 rings (SSSR count). The molecule has 2 amide bonds. The topological polar surface area (TPSA) is 99.1 Å². The highest BCUT2D eigenvalue weighted by atomic mass is 16.5. The summed E-state index contributed by atoms with van der Waals surface area (Å²) in [5.41, 5.74) is 0. The molecule has 18 heavy (non-hydrogen) atoms. The minimum absolute atomic E-state index is 0.152. The highest BCUT2D eigenvalue weighted by molar-refractivity contribution is 5.82. The number of aliphatic hydroxyl groups excluding tert-OH is 1. The lowest BCUT2D eigenvalue weighted by Gasteiger charge is -2.32. The summed E-state index contributed by atoms with van der Waals surface area (Å²) < 4.78 is 5.22. The largest absolute Gasteiger partial charge is 0.480 e. The first-order valence-corrected chi connectivity index (χ1v) is 6.09. The van der Waals surface area contributed by atoms with Gasteiger partial charge in [0.2, 0.25) is 0 Å². The summed E-state index contributed by atoms with van der Waals surface area (Å²) in [5.74, 6) is -1.03. The van der Waals surface area contributed by atoms with Crippen LogP contribution in [0, 0.1) is 0 Å². The van der Waals surface area contributed by atoms with Gasteiger partial charge in [0.15, 0.2) is 0 Å². The maximum Gasteiger partial charge on any atom is 0.326 e. The quantitative estimate of drug-likeness (QED) is 0.627. The van der Waals surface area contributed by atoms with E-state index in [0.29, 0.717) is 26.0 Å². The number of carbonyl (C=O) groups excluding carboxylic acids is 1. The first kappa shape index (κ1) is 14.7. The van der Waals surface area contributed by atoms with Crippen molar-refractivity contribution in [3.05, 3.63) is 0 Å². The molecule has 0 spiro atoms. The van der Waals surface area contributed by atoms with Crippen LogP contribution >= 0.6 is 0 Å². The second kappa shape index (κ2) is 7.17. The van der Waals surface area contributed by atoms with E-state index in [2.05, 4.69) is 5.32 Å². The number of carboxylic acids is 1. The molecule has 1 fully saturated rings. The Morgan fingerprint density at radius 1 is 1.56 bits per heavy atom. The zero-order valence-corrected chi connectivity index (χ0v) is 10.5. The Bertz CT molecular complexity index is 297. The zero-order chi connectivity index (χ0) is 13.5. The number of carbonyl (C=O) groups is 2. The Kier molecular flexibility index (Phi) is 5.87. The Morgan fingerprint density at radius 2 is 2.28 bits per heavy atom. The van der Waals surface area contributed by atoms with Gasteiger partial charge in [0, 0.05) is 6.54 Å². The van der Waals surface area contributed by atoms with Crippen molar-refractivity contribution in [2.45, 2.75) is 31.9 Å². The van der Waals surface area contributed by atoms with E-state index in [9.17, 15) is 9.59 Å². The number of morpholine rings is 1. The van der Waals surface area contributed by atoms with E-state index in [1.807, 2.05) is 6.92 Å². The Hall–Kier alpha value is -1.34. The average Bonchev–Trinajstić information content (AvgIpc) is 2.38. The fourth-order valence-corrected chi connectivity index (χ4v) is 1.80. The number of carboxylic acid groups (broad SMARTS) is 1. The van der Waals surface area contributed by atoms with E-state index in [1.54, 1.807) is 0 Å². The third kappa shape index (κ3) is 4.15. The Morgan fingerprint density at radius 3 is 2.83 bits per heavy atom. The number of nitrogens with zero attached hydrogens (tertiary/aromatic N) is 1. The maximum atomic E-state index is 11.9. The second-order valence-corrected chi connectivity index (χ2v) is 4.25. The normalized spacial score (nSPS) is 21.4. The Balaban J connectivity index is 2.50. The van der Waals surface area contributed by atoms with Crippen LogP contribution in [0.4, 0.5) is 4.79 Å². The molecule has 1 unspecified atom stereocenters. The summed E-state index contributed by atoms with van der Waals surface area (Å²) in [6, 6.07) is -1.28. The molecule has 0 aromatic rings. The van der Waals surface area contributed by atoms with Crippen LogP contribution < -0.4 is 5.32 Å². The predicted molar refractivity (Wildman–Crippen MR) is 63.3 cm³/mol. The summed E-state index contributed by atoms with van der Waals surface area (Å²) in [6.45, 7) is 2.74. The van der Waals surface area contributed by atoms with Crippen molar-refractivity contribution in [3.8, 4) is 0 Å². The van der Waals surface area contributed by atoms with Crippen LogP contribution in [0.2, 0.25) is 0 Å². The number of aliphatic hydroxyl groups is 1. The van der Waals surface area contributed by atoms with E-state index >= 15 is 0 Å². The molecule has 7 nitrogen and oxygen atoms in total. The van der Waals surface area contributed by atoms with Crippen LogP contribution in [0.15, 0.2) is 0 Å². The fourth-order valence-electron chi connectivity index (χ4n) is 1.80. The van der Waals surface area contributed by atoms with Gasteiger partial charge >= 0.3 is 12.0 Å². The van der Waals surface area contributed by atoms with E-state index in [1.165, 1.54) is 4.90 Å². The smallest absolute Gasteiger partial charge is 0.326 e. The van der Waals surface area contributed by atoms with E-state index in [0.717, 1.165) is 0 Å². The van der Waals surface area contributed by atoms with Gasteiger partial charge in [0.05, 0.1) is 25.9 Å². The molecule has 1 saturated heterocycles. The molecule has 1 heterocycles. The second-order valence-electron chi connectivity index (χ2n) is 4.25. The van der Waals surface area contributed by atoms with Gasteiger partial charge in [-0.3, -0.25) is 0 Å². The summed E-state index contributed by atoms with van der Waals surface area (Å²) in [7, 11) is 0. The van der Waals surface area contributed by atoms with E-state index in [-0.39, 0.29) is 19.3 Å². The number of nitrogens with one attached hydrogen (secondary N) is 1. The lowest BCUT2D eigenvalue weighted by Crippen LogP contribution is -2.53. The van der Waals surface area contributed by atoms with Crippen molar-refractivity contribution in [1.82, 2.24) is 10.2 Å². The number of ether oxygens (including phenoxy) is 1. The van der Waals surface area contributed by atoms with Crippen molar-refractivity contribution in [1.29, 1.82) is 0 Å². The first-order valence-electron chi connectivity index (χ1n) is 6.09. The molecule has 2 atom stereocenters. The number of hydrogen-bond donors (Lipinski definition) is 3. The lowest BCUT2D eigenvalue weighted by molar-refractivity contribution is -0.139. The minimum atomic E-state index is -1.03. The molecule has 3 N–H and O–H groups in total. The van der Waals surface area contributed by atoms with Gasteiger partial charge in [0.25, 0.3) is 0 Å². The highest BCUT2D eigenvalue weighted by Crippen LogP contribution is 2.06. The van der Waals surface area contributed by atoms with Gasteiger partial charge in [-0.25, -0.2) is 9.59 Å². The summed E-state index contributed by atoms with van der Waals surface area (Å²) in [6.07, 6.45) is 0.688. The summed E-state index contributed by atoms with van der Waals surface area (Å²) in [5, 5.41) is 20.4. The van der Waals surface area contributed by atoms with Gasteiger partial charge < -0.3 is 25.2 Å². The molecule has 104 valence electrons. The highest BCUT2D eigenvalue weighted by Gasteiger charge is 2.26. The molecule has 1 aliphatic rings. The molecule has 0 aliphatic carbocycles. The van der Waals surface area contributed by atoms with Crippen LogP contribution in [0.3, 0.4) is 0 Å². The number of amides is 2. The number of urea groups is 1. The SMILES string of the molecule is CCC[C@H](NC(=O)N1CCOC(CO)C1)C(=O)O. The summed E-state index contributed by atoms with van der Waals surface area (Å²) >= 11 is 0. The van der Waals surface area contributed by atoms with Gasteiger partial charge in [-0.05, 0) is 6.42 Å². The van der Waals surface area contributed by atoms with Gasteiger partial charge in [-0.2, -0.15) is 0 Å². The molecule has 0 bridgehead atoms. The van der Waals surface area contributed by atoms with E-state index < -0.39 is 18.0 Å². The number of rotatable bonds is 5. The minimum Gasteiger partial charge on any atom is -0.480 e. The average molecular weight is 260 g/mol. The molecule has 7 heteroatoms. The molecule has 0 radical (unpaired) electrons. The van der Waals surface area contributed by atoms with Crippen LogP contribution in [0.1, 0.15) is 19.8 Å². The molecule has 1 aliphatic heterocycles. The lowest BCUT2D eigenvalue weighted by atomic mass is 10.2. The molecular formula is C11H20N2O5. The molecular weight excluding hydrogens is 240 g/mol. The van der Waals surface area contributed by atoms with Crippen molar-refractivity contribution < 1.29 is 24.5 Å². The monoisotopic (exact) mass is 260 g/mol. The summed E-state index contributed by atoms with van der Waals surface area (Å²) in [4.78, 5) is 24.3. The molecule has 0 aromatic heterocycles. The van der Waals surface area contributed by atoms with Crippen molar-refractivity contribution in [3.63, 3.8) is 0 Å². The molecule has 0 saturated carbocycles. The van der Waals surface area contributed by atoms with Crippen molar-refractivity contribution in [2.24, 2.45) is 0 Å². The van der Waals surface area contributed by atoms with Crippen LogP contribution in [0.25, 0.3) is 0 Å². The number of hydrogen-bond acceptors (Lipinski definition) is 4. The van der Waals surface area contributed by atoms with E-state index in [4.69, 9.17) is 14.9 Å². The zero-order valence-electron chi connectivity index (χ0n) is 10.5. The standard InChI is InChI=1S/C11H20N2O5/c1-2-3-9(10(15)16)12-11(17)13-4-5-18-8(6-13)7-14/h8-9,14H,2-7H2,1H3,(H,12,17)(H,15,16)/t8?,9-/m0/s1. The van der Waals surface area contributed by atoms with Crippen LogP contribution in [-0.4, -0.2) is 65.6 Å². The predicted octanol–water partition coefficient (Wildman–Crippen LogP) is -0.358. The number of aliphatic carboxylic acids is 1. The van der Waals surface area contributed by atoms with Crippen LogP contribution in [0.5, 0.6) is 0 Å². The Labute approximate surface area is 106 Å². The van der Waals surface area contributed by atoms with Crippen LogP contribution in [-0.2, 0) is 9.53 Å². The first-order chi connectivity index (χ1) is 8.58. The van der Waals surface area contributed by atoms with Gasteiger partial charge in [-0.1, -0.05) is 13.3 Å². The van der Waals surface area contributed by atoms with Crippen molar-refractivity contribution >= 4 is 12.0 Å². The maximum absolute atomic E-state index is 11.9. The van der Waals surface area contributed by atoms with Gasteiger partial charge in [0.1, 0.15) is 6.04 Å². The fraction of sp³-hybridized carbons (Fsp3) is 0.818. The molecule has 0 aromatic carbocycles. The van der Waals surface area contributed by atoms with Gasteiger partial charge in [-0.15, -0.1) is 0 Å². The third-order valence-electron chi connectivity index (χ3n) is 2.80. The van der Waals surface area contributed by atoms with Crippen molar-refractivity contribution in [2.75, 3.05) is 26.3 Å².